The predicted octanol–water partition coefficient (Wildman–Crippen LogP) is 8.07. The third-order valence-electron chi connectivity index (χ3n) is 7.74. The molecule has 0 aliphatic carbocycles. The first-order chi connectivity index (χ1) is 23.8. The summed E-state index contributed by atoms with van der Waals surface area (Å²) in [4.78, 5) is 27.2. The number of nitrogens with two attached hydrogens (primary N) is 1. The highest BCUT2D eigenvalue weighted by atomic mass is 32.2. The van der Waals surface area contributed by atoms with Crippen LogP contribution in [-0.4, -0.2) is 23.4 Å². The zero-order chi connectivity index (χ0) is 33.8. The van der Waals surface area contributed by atoms with E-state index in [-0.39, 0.29) is 10.5 Å². The lowest BCUT2D eigenvalue weighted by molar-refractivity contribution is 0.483. The van der Waals surface area contributed by atoms with Crippen molar-refractivity contribution in [3.05, 3.63) is 167 Å². The normalized spacial score (nSPS) is 11.5. The molecule has 0 saturated carbocycles. The molecule has 49 heavy (non-hydrogen) atoms. The number of benzene rings is 5. The molecule has 0 saturated heterocycles. The lowest BCUT2D eigenvalue weighted by Gasteiger charge is -2.25. The summed E-state index contributed by atoms with van der Waals surface area (Å²) >= 11 is 0. The number of nitrogens with one attached hydrogen (secondary N) is 1. The van der Waals surface area contributed by atoms with Gasteiger partial charge < -0.3 is 14.6 Å². The van der Waals surface area contributed by atoms with E-state index in [2.05, 4.69) is 68.4 Å². The maximum absolute atomic E-state index is 13.1. The Hall–Kier alpha value is -6.36. The average molecular weight is 664 g/mol. The van der Waals surface area contributed by atoms with Gasteiger partial charge in [-0.1, -0.05) is 60.7 Å². The van der Waals surface area contributed by atoms with Gasteiger partial charge in [-0.3, -0.25) is 9.78 Å². The summed E-state index contributed by atoms with van der Waals surface area (Å²) in [6, 6.07) is 43.3. The van der Waals surface area contributed by atoms with Gasteiger partial charge in [0.05, 0.1) is 15.8 Å². The minimum atomic E-state index is -3.81. The molecule has 0 spiro atoms. The molecule has 7 rings (SSSR count). The Balaban J connectivity index is 1.09. The molecule has 2 heterocycles. The standard InChI is InChI=1S/C39H29N5O4S/c40-49(46,47)34-20-17-32(18-21-34)48-33-19-22-36-35(26-33)39(45)43-38(42-36)37-25-28(23-24-41-37)12-11-27-13-15-31(16-14-27)44(29-7-3-1-4-8-29)30-9-5-2-6-10-30/h1-26H,(H2,40,46,47)(H,42,43,45). The van der Waals surface area contributed by atoms with Crippen LogP contribution in [-0.2, 0) is 10.0 Å². The van der Waals surface area contributed by atoms with Crippen molar-refractivity contribution in [2.24, 2.45) is 5.14 Å². The summed E-state index contributed by atoms with van der Waals surface area (Å²) in [7, 11) is -3.81. The number of sulfonamides is 1. The Morgan fingerprint density at radius 1 is 0.673 bits per heavy atom. The molecular formula is C39H29N5O4S. The number of fused-ring (bicyclic) bond motifs is 1. The van der Waals surface area contributed by atoms with E-state index in [9.17, 15) is 13.2 Å². The van der Waals surface area contributed by atoms with Gasteiger partial charge in [0.15, 0.2) is 5.82 Å². The van der Waals surface area contributed by atoms with Gasteiger partial charge >= 0.3 is 0 Å². The molecular weight excluding hydrogens is 635 g/mol. The van der Waals surface area contributed by atoms with E-state index in [1.807, 2.05) is 60.7 Å². The molecule has 240 valence electrons. The van der Waals surface area contributed by atoms with Crippen molar-refractivity contribution in [3.8, 4) is 23.0 Å². The number of hydrogen-bond donors (Lipinski definition) is 2. The lowest BCUT2D eigenvalue weighted by Crippen LogP contribution is -2.11. The smallest absolute Gasteiger partial charge is 0.259 e. The number of nitrogens with zero attached hydrogens (tertiary/aromatic N) is 3. The van der Waals surface area contributed by atoms with Gasteiger partial charge in [0.1, 0.15) is 17.2 Å². The van der Waals surface area contributed by atoms with E-state index >= 15 is 0 Å². The fraction of sp³-hybridized carbons (Fsp3) is 0. The van der Waals surface area contributed by atoms with Gasteiger partial charge in [0, 0.05) is 23.3 Å². The maximum atomic E-state index is 13.1. The van der Waals surface area contributed by atoms with Gasteiger partial charge in [-0.2, -0.15) is 0 Å². The summed E-state index contributed by atoms with van der Waals surface area (Å²) in [6.45, 7) is 0. The Morgan fingerprint density at radius 3 is 1.94 bits per heavy atom. The molecule has 0 amide bonds. The van der Waals surface area contributed by atoms with Crippen LogP contribution >= 0.6 is 0 Å². The van der Waals surface area contributed by atoms with Crippen molar-refractivity contribution in [1.82, 2.24) is 15.0 Å². The van der Waals surface area contributed by atoms with Crippen LogP contribution in [0.25, 0.3) is 34.6 Å². The number of para-hydroxylation sites is 2. The van der Waals surface area contributed by atoms with E-state index in [4.69, 9.17) is 9.88 Å². The molecule has 2 aromatic heterocycles. The van der Waals surface area contributed by atoms with Crippen LogP contribution in [0.2, 0.25) is 0 Å². The first kappa shape index (κ1) is 31.3. The Morgan fingerprint density at radius 2 is 1.29 bits per heavy atom. The second-order valence-corrected chi connectivity index (χ2v) is 12.7. The van der Waals surface area contributed by atoms with E-state index < -0.39 is 10.0 Å². The van der Waals surface area contributed by atoms with Crippen LogP contribution in [0.3, 0.4) is 0 Å². The number of aromatic nitrogens is 3. The quantitative estimate of drug-likeness (QED) is 0.160. The summed E-state index contributed by atoms with van der Waals surface area (Å²) in [5.74, 6) is 1.12. The fourth-order valence-corrected chi connectivity index (χ4v) is 5.86. The molecule has 0 atom stereocenters. The zero-order valence-electron chi connectivity index (χ0n) is 26.0. The molecule has 0 fully saturated rings. The van der Waals surface area contributed by atoms with Gasteiger partial charge in [0.2, 0.25) is 10.0 Å². The van der Waals surface area contributed by atoms with Crippen LogP contribution in [0.5, 0.6) is 11.5 Å². The first-order valence-corrected chi connectivity index (χ1v) is 16.8. The highest BCUT2D eigenvalue weighted by molar-refractivity contribution is 7.89. The number of hydrogen-bond acceptors (Lipinski definition) is 7. The highest BCUT2D eigenvalue weighted by Gasteiger charge is 2.13. The van der Waals surface area contributed by atoms with E-state index in [1.54, 1.807) is 24.4 Å². The summed E-state index contributed by atoms with van der Waals surface area (Å²) in [6.07, 6.45) is 5.70. The second-order valence-electron chi connectivity index (χ2n) is 11.1. The number of H-pyrrole nitrogens is 1. The lowest BCUT2D eigenvalue weighted by atomic mass is 10.1. The first-order valence-electron chi connectivity index (χ1n) is 15.3. The molecule has 3 N–H and O–H groups in total. The van der Waals surface area contributed by atoms with Gasteiger partial charge in [0.25, 0.3) is 5.56 Å². The number of pyridine rings is 1. The third kappa shape index (κ3) is 7.15. The number of rotatable bonds is 9. The molecule has 0 unspecified atom stereocenters. The molecule has 10 heteroatoms. The van der Waals surface area contributed by atoms with E-state index in [0.717, 1.165) is 28.2 Å². The van der Waals surface area contributed by atoms with Crippen molar-refractivity contribution in [3.63, 3.8) is 0 Å². The molecule has 0 bridgehead atoms. The van der Waals surface area contributed by atoms with E-state index in [0.29, 0.717) is 33.9 Å². The predicted molar refractivity (Wildman–Crippen MR) is 194 cm³/mol. The topological polar surface area (TPSA) is 131 Å². The number of primary sulfonamides is 1. The largest absolute Gasteiger partial charge is 0.457 e. The minimum Gasteiger partial charge on any atom is -0.457 e. The van der Waals surface area contributed by atoms with Gasteiger partial charge in [-0.05, 0) is 102 Å². The monoisotopic (exact) mass is 663 g/mol. The molecule has 7 aromatic rings. The van der Waals surface area contributed by atoms with E-state index in [1.165, 1.54) is 24.3 Å². The zero-order valence-corrected chi connectivity index (χ0v) is 26.8. The van der Waals surface area contributed by atoms with Crippen molar-refractivity contribution in [2.75, 3.05) is 4.90 Å². The number of aromatic amines is 1. The van der Waals surface area contributed by atoms with Crippen molar-refractivity contribution in [1.29, 1.82) is 0 Å². The maximum Gasteiger partial charge on any atom is 0.259 e. The molecule has 0 aliphatic heterocycles. The van der Waals surface area contributed by atoms with Crippen LogP contribution in [0.4, 0.5) is 17.1 Å². The molecule has 0 aliphatic rings. The average Bonchev–Trinajstić information content (AvgIpc) is 3.12. The van der Waals surface area contributed by atoms with Gasteiger partial charge in [-0.25, -0.2) is 18.5 Å². The Bertz CT molecular complexity index is 2410. The van der Waals surface area contributed by atoms with Crippen molar-refractivity contribution < 1.29 is 13.2 Å². The van der Waals surface area contributed by atoms with Gasteiger partial charge in [-0.15, -0.1) is 0 Å². The van der Waals surface area contributed by atoms with Crippen molar-refractivity contribution >= 4 is 50.1 Å². The van der Waals surface area contributed by atoms with Crippen molar-refractivity contribution in [2.45, 2.75) is 4.90 Å². The SMILES string of the molecule is NS(=O)(=O)c1ccc(Oc2ccc3nc(-c4cc(C=Cc5ccc(N(c6ccccc6)c6ccccc6)cc5)ccn4)[nH]c(=O)c3c2)cc1. The Labute approximate surface area is 282 Å². The molecule has 0 radical (unpaired) electrons. The minimum absolute atomic E-state index is 0.0246. The fourth-order valence-electron chi connectivity index (χ4n) is 5.34. The summed E-state index contributed by atoms with van der Waals surface area (Å²) in [5, 5.41) is 5.49. The Kier molecular flexibility index (Phi) is 8.55. The second kappa shape index (κ2) is 13.4. The number of ether oxygens (including phenoxy) is 1. The van der Waals surface area contributed by atoms with Crippen LogP contribution < -0.4 is 20.3 Å². The van der Waals surface area contributed by atoms with Crippen LogP contribution in [0, 0.1) is 0 Å². The van der Waals surface area contributed by atoms with Crippen LogP contribution in [0.1, 0.15) is 11.1 Å². The summed E-state index contributed by atoms with van der Waals surface area (Å²) in [5.41, 5.74) is 5.76. The number of anilines is 3. The molecule has 5 aromatic carbocycles. The summed E-state index contributed by atoms with van der Waals surface area (Å²) < 4.78 is 28.9. The van der Waals surface area contributed by atoms with Crippen LogP contribution in [0.15, 0.2) is 155 Å². The molecule has 9 nitrogen and oxygen atoms in total. The highest BCUT2D eigenvalue weighted by Crippen LogP contribution is 2.34. The third-order valence-corrected chi connectivity index (χ3v) is 8.67.